The topological polar surface area (TPSA) is 56.6 Å². The number of oxazole rings is 1. The summed E-state index contributed by atoms with van der Waals surface area (Å²) in [7, 11) is -3.27. The van der Waals surface area contributed by atoms with E-state index in [0.29, 0.717) is 22.0 Å². The van der Waals surface area contributed by atoms with Gasteiger partial charge in [0.25, 0.3) is 4.84 Å². The van der Waals surface area contributed by atoms with Gasteiger partial charge in [-0.1, -0.05) is 31.2 Å². The zero-order valence-corrected chi connectivity index (χ0v) is 16.2. The fraction of sp³-hybridized carbons (Fsp3) is 0.316. The van der Waals surface area contributed by atoms with Gasteiger partial charge < -0.3 is 9.32 Å². The van der Waals surface area contributed by atoms with Gasteiger partial charge in [0.05, 0.1) is 22.7 Å². The van der Waals surface area contributed by atoms with E-state index in [1.165, 1.54) is 16.0 Å². The number of quaternary nitrogens is 1. The number of benzene rings is 2. The lowest BCUT2D eigenvalue weighted by Gasteiger charge is -2.26. The number of aromatic nitrogens is 1. The van der Waals surface area contributed by atoms with Gasteiger partial charge in [-0.3, -0.25) is 4.57 Å². The van der Waals surface area contributed by atoms with Crippen LogP contribution in [0, 0.1) is 4.84 Å². The lowest BCUT2D eigenvalue weighted by Crippen LogP contribution is -3.11. The maximum Gasteiger partial charge on any atom is 0.274 e. The minimum Gasteiger partial charge on any atom is -0.429 e. The van der Waals surface area contributed by atoms with Gasteiger partial charge in [0.15, 0.2) is 22.1 Å². The van der Waals surface area contributed by atoms with Gasteiger partial charge >= 0.3 is 0 Å². The van der Waals surface area contributed by atoms with Crippen molar-refractivity contribution in [3.8, 4) is 0 Å². The highest BCUT2D eigenvalue weighted by atomic mass is 32.2. The molecule has 0 spiro atoms. The lowest BCUT2D eigenvalue weighted by atomic mass is 10.0. The van der Waals surface area contributed by atoms with Crippen LogP contribution in [0.4, 0.5) is 0 Å². The summed E-state index contributed by atoms with van der Waals surface area (Å²) in [4.78, 5) is 2.08. The molecule has 0 radical (unpaired) electrons. The molecule has 1 atom stereocenters. The SMILES string of the molecule is CCS(=O)(=O)c1ccc2oc(=S)n(C[NH+]3CCc4ccccc4C3)c2c1. The Balaban J connectivity index is 1.69. The van der Waals surface area contributed by atoms with Crippen LogP contribution in [0.1, 0.15) is 18.1 Å². The number of nitrogens with one attached hydrogen (secondary N) is 1. The molecule has 0 amide bonds. The predicted molar refractivity (Wildman–Crippen MR) is 102 cm³/mol. The maximum atomic E-state index is 12.2. The van der Waals surface area contributed by atoms with E-state index in [2.05, 4.69) is 24.3 Å². The third-order valence-electron chi connectivity index (χ3n) is 5.07. The highest BCUT2D eigenvalue weighted by molar-refractivity contribution is 7.91. The largest absolute Gasteiger partial charge is 0.429 e. The zero-order valence-electron chi connectivity index (χ0n) is 14.6. The first kappa shape index (κ1) is 17.5. The number of rotatable bonds is 4. The highest BCUT2D eigenvalue weighted by Gasteiger charge is 2.22. The fourth-order valence-corrected chi connectivity index (χ4v) is 4.71. The van der Waals surface area contributed by atoms with Gasteiger partial charge in [-0.2, -0.15) is 0 Å². The van der Waals surface area contributed by atoms with E-state index in [-0.39, 0.29) is 5.75 Å². The van der Waals surface area contributed by atoms with Crippen LogP contribution in [-0.4, -0.2) is 25.3 Å². The van der Waals surface area contributed by atoms with Crippen LogP contribution in [0.5, 0.6) is 0 Å². The maximum absolute atomic E-state index is 12.2. The molecular weight excluding hydrogens is 368 g/mol. The molecule has 3 aromatic rings. The quantitative estimate of drug-likeness (QED) is 0.696. The first-order valence-corrected chi connectivity index (χ1v) is 10.8. The van der Waals surface area contributed by atoms with E-state index in [0.717, 1.165) is 25.0 Å². The Kier molecular flexibility index (Phi) is 4.46. The van der Waals surface area contributed by atoms with E-state index >= 15 is 0 Å². The van der Waals surface area contributed by atoms with Crippen molar-refractivity contribution in [2.75, 3.05) is 12.3 Å². The van der Waals surface area contributed by atoms with Gasteiger partial charge in [-0.15, -0.1) is 0 Å². The second kappa shape index (κ2) is 6.64. The molecule has 0 fully saturated rings. The summed E-state index contributed by atoms with van der Waals surface area (Å²) in [5, 5.41) is 0. The average molecular weight is 390 g/mol. The van der Waals surface area contributed by atoms with Crippen molar-refractivity contribution in [3.63, 3.8) is 0 Å². The predicted octanol–water partition coefficient (Wildman–Crippen LogP) is 2.36. The summed E-state index contributed by atoms with van der Waals surface area (Å²) < 4.78 is 32.0. The molecule has 0 aliphatic carbocycles. The molecule has 2 aromatic carbocycles. The molecule has 1 aliphatic rings. The smallest absolute Gasteiger partial charge is 0.274 e. The Morgan fingerprint density at radius 2 is 1.96 bits per heavy atom. The van der Waals surface area contributed by atoms with E-state index in [4.69, 9.17) is 16.6 Å². The van der Waals surface area contributed by atoms with Crippen molar-refractivity contribution in [1.82, 2.24) is 4.57 Å². The number of hydrogen-bond acceptors (Lipinski definition) is 4. The molecule has 0 bridgehead atoms. The minimum atomic E-state index is -3.27. The van der Waals surface area contributed by atoms with E-state index in [9.17, 15) is 8.42 Å². The molecule has 26 heavy (non-hydrogen) atoms. The van der Waals surface area contributed by atoms with Crippen molar-refractivity contribution in [3.05, 3.63) is 58.4 Å². The normalized spacial score (nSPS) is 17.3. The van der Waals surface area contributed by atoms with Crippen molar-refractivity contribution >= 4 is 33.2 Å². The van der Waals surface area contributed by atoms with Crippen LogP contribution in [0.25, 0.3) is 11.1 Å². The highest BCUT2D eigenvalue weighted by Crippen LogP contribution is 2.22. The molecule has 1 unspecified atom stereocenters. The van der Waals surface area contributed by atoms with Gasteiger partial charge in [-0.05, 0) is 36.0 Å². The van der Waals surface area contributed by atoms with Gasteiger partial charge in [-0.25, -0.2) is 8.42 Å². The summed E-state index contributed by atoms with van der Waals surface area (Å²) in [6.45, 7) is 4.25. The number of nitrogens with zero attached hydrogens (tertiary/aromatic N) is 1. The number of sulfone groups is 1. The molecule has 1 aromatic heterocycles. The number of fused-ring (bicyclic) bond motifs is 2. The molecule has 2 heterocycles. The van der Waals surface area contributed by atoms with Crippen LogP contribution < -0.4 is 4.90 Å². The average Bonchev–Trinajstić information content (AvgIpc) is 2.96. The van der Waals surface area contributed by atoms with Crippen LogP contribution >= 0.6 is 12.2 Å². The number of hydrogen-bond donors (Lipinski definition) is 1. The Labute approximate surface area is 157 Å². The van der Waals surface area contributed by atoms with E-state index in [1.807, 2.05) is 4.57 Å². The molecule has 7 heteroatoms. The first-order chi connectivity index (χ1) is 12.5. The van der Waals surface area contributed by atoms with Crippen molar-refractivity contribution in [2.24, 2.45) is 0 Å². The second-order valence-electron chi connectivity index (χ2n) is 6.68. The van der Waals surface area contributed by atoms with Crippen LogP contribution in [-0.2, 0) is 29.5 Å². The van der Waals surface area contributed by atoms with Gasteiger partial charge in [0.1, 0.15) is 6.54 Å². The monoisotopic (exact) mass is 389 g/mol. The Bertz CT molecular complexity index is 1130. The summed E-state index contributed by atoms with van der Waals surface area (Å²) in [5.74, 6) is 0.0747. The molecule has 4 rings (SSSR count). The summed E-state index contributed by atoms with van der Waals surface area (Å²) in [6.07, 6.45) is 1.03. The molecule has 136 valence electrons. The molecule has 0 saturated heterocycles. The van der Waals surface area contributed by atoms with Gasteiger partial charge in [0.2, 0.25) is 0 Å². The lowest BCUT2D eigenvalue weighted by molar-refractivity contribution is -0.938. The van der Waals surface area contributed by atoms with Crippen LogP contribution in [0.15, 0.2) is 51.8 Å². The van der Waals surface area contributed by atoms with E-state index in [1.54, 1.807) is 25.1 Å². The molecular formula is C19H21N2O3S2+. The third-order valence-corrected chi connectivity index (χ3v) is 7.10. The van der Waals surface area contributed by atoms with Gasteiger partial charge in [0, 0.05) is 12.0 Å². The zero-order chi connectivity index (χ0) is 18.3. The van der Waals surface area contributed by atoms with Crippen molar-refractivity contribution in [2.45, 2.75) is 31.5 Å². The van der Waals surface area contributed by atoms with Crippen molar-refractivity contribution in [1.29, 1.82) is 0 Å². The molecule has 0 saturated carbocycles. The Morgan fingerprint density at radius 3 is 2.73 bits per heavy atom. The molecule has 1 aliphatic heterocycles. The van der Waals surface area contributed by atoms with Crippen LogP contribution in [0.3, 0.4) is 0 Å². The Morgan fingerprint density at radius 1 is 1.19 bits per heavy atom. The second-order valence-corrected chi connectivity index (χ2v) is 9.31. The minimum absolute atomic E-state index is 0.0747. The fourth-order valence-electron chi connectivity index (χ4n) is 3.55. The van der Waals surface area contributed by atoms with Crippen LogP contribution in [0.2, 0.25) is 0 Å². The third kappa shape index (κ3) is 3.11. The first-order valence-electron chi connectivity index (χ1n) is 8.74. The standard InChI is InChI=1S/C19H20N2O3S2/c1-2-26(22,23)16-7-8-18-17(11-16)21(19(25)24-18)13-20-10-9-14-5-3-4-6-15(14)12-20/h3-8,11H,2,9-10,12-13H2,1H3/p+1. The summed E-state index contributed by atoms with van der Waals surface area (Å²) in [6, 6.07) is 13.5. The summed E-state index contributed by atoms with van der Waals surface area (Å²) in [5.41, 5.74) is 4.15. The molecule has 1 N–H and O–H groups in total. The van der Waals surface area contributed by atoms with Crippen molar-refractivity contribution < 1.29 is 17.7 Å². The summed E-state index contributed by atoms with van der Waals surface area (Å²) >= 11 is 5.40. The molecule has 5 nitrogen and oxygen atoms in total. The Hall–Kier alpha value is -1.96. The van der Waals surface area contributed by atoms with E-state index < -0.39 is 9.84 Å².